The number of methoxy groups -OCH3 is 1. The van der Waals surface area contributed by atoms with Crippen LogP contribution in [0.25, 0.3) is 21.9 Å². The number of nitrogens with zero attached hydrogens (tertiary/aromatic N) is 4. The number of hydrogen-bond acceptors (Lipinski definition) is 6. The van der Waals surface area contributed by atoms with Gasteiger partial charge in [-0.05, 0) is 49.7 Å². The Morgan fingerprint density at radius 2 is 1.82 bits per heavy atom. The van der Waals surface area contributed by atoms with E-state index in [0.717, 1.165) is 22.4 Å². The highest BCUT2D eigenvalue weighted by Gasteiger charge is 2.14. The second kappa shape index (κ2) is 8.97. The molecule has 0 aliphatic rings. The number of halogens is 1. The Labute approximate surface area is 196 Å². The summed E-state index contributed by atoms with van der Waals surface area (Å²) in [5.41, 5.74) is 3.88. The maximum absolute atomic E-state index is 14.4. The van der Waals surface area contributed by atoms with E-state index in [-0.39, 0.29) is 5.82 Å². The number of fused-ring (bicyclic) bond motifs is 2. The summed E-state index contributed by atoms with van der Waals surface area (Å²) in [6, 6.07) is 16.6. The number of para-hydroxylation sites is 2. The molecule has 7 nitrogen and oxygen atoms in total. The molecule has 0 saturated carbocycles. The molecular formula is C26H24FN5O2. The highest BCUT2D eigenvalue weighted by molar-refractivity contribution is 5.93. The smallest absolute Gasteiger partial charge is 0.163 e. The molecule has 2 aromatic heterocycles. The molecule has 0 bridgehead atoms. The van der Waals surface area contributed by atoms with Crippen LogP contribution in [-0.4, -0.2) is 33.2 Å². The summed E-state index contributed by atoms with van der Waals surface area (Å²) < 4.78 is 28.2. The van der Waals surface area contributed by atoms with E-state index < -0.39 is 0 Å². The van der Waals surface area contributed by atoms with Crippen molar-refractivity contribution in [3.8, 4) is 11.5 Å². The van der Waals surface area contributed by atoms with Gasteiger partial charge in [0.05, 0.1) is 35.9 Å². The minimum atomic E-state index is -0.346. The predicted octanol–water partition coefficient (Wildman–Crippen LogP) is 5.57. The number of hydrogen-bond donors (Lipinski definition) is 1. The summed E-state index contributed by atoms with van der Waals surface area (Å²) in [7, 11) is 1.58. The zero-order chi connectivity index (χ0) is 23.7. The SMILES string of the molecule is COc1cc2c(Nc3ccc(C)cc3F)ncnc2cc1OCCn1c(C)nc2ccccc21. The van der Waals surface area contributed by atoms with Gasteiger partial charge in [-0.1, -0.05) is 18.2 Å². The van der Waals surface area contributed by atoms with Crippen molar-refractivity contribution in [1.82, 2.24) is 19.5 Å². The average Bonchev–Trinajstić information content (AvgIpc) is 3.15. The van der Waals surface area contributed by atoms with Crippen molar-refractivity contribution in [1.29, 1.82) is 0 Å². The van der Waals surface area contributed by atoms with E-state index in [1.54, 1.807) is 19.2 Å². The van der Waals surface area contributed by atoms with Gasteiger partial charge in [-0.3, -0.25) is 0 Å². The molecular weight excluding hydrogens is 433 g/mol. The Balaban J connectivity index is 1.40. The van der Waals surface area contributed by atoms with Crippen molar-refractivity contribution in [2.75, 3.05) is 19.0 Å². The van der Waals surface area contributed by atoms with Gasteiger partial charge in [-0.15, -0.1) is 0 Å². The van der Waals surface area contributed by atoms with Gasteiger partial charge in [-0.25, -0.2) is 19.3 Å². The van der Waals surface area contributed by atoms with E-state index in [2.05, 4.69) is 24.8 Å². The normalized spacial score (nSPS) is 11.2. The van der Waals surface area contributed by atoms with Gasteiger partial charge in [-0.2, -0.15) is 0 Å². The lowest BCUT2D eigenvalue weighted by atomic mass is 10.2. The minimum Gasteiger partial charge on any atom is -0.493 e. The van der Waals surface area contributed by atoms with Gasteiger partial charge in [0.2, 0.25) is 0 Å². The molecule has 0 spiro atoms. The molecule has 2 heterocycles. The van der Waals surface area contributed by atoms with Crippen LogP contribution in [0, 0.1) is 19.7 Å². The summed E-state index contributed by atoms with van der Waals surface area (Å²) >= 11 is 0. The predicted molar refractivity (Wildman–Crippen MR) is 130 cm³/mol. The fraction of sp³-hybridized carbons (Fsp3) is 0.192. The quantitative estimate of drug-likeness (QED) is 0.345. The number of benzene rings is 3. The number of aryl methyl sites for hydroxylation is 2. The minimum absolute atomic E-state index is 0.341. The van der Waals surface area contributed by atoms with Gasteiger partial charge in [0, 0.05) is 11.5 Å². The maximum atomic E-state index is 14.4. The molecule has 0 aliphatic heterocycles. The standard InChI is InChI=1S/C26H24FN5O2/c1-16-8-9-20(19(27)12-16)31-26-18-13-24(33-3)25(14-22(18)28-15-29-26)34-11-10-32-17(2)30-21-6-4-5-7-23(21)32/h4-9,12-15H,10-11H2,1-3H3,(H,28,29,31). The Bertz CT molecular complexity index is 1500. The van der Waals surface area contributed by atoms with Crippen molar-refractivity contribution in [2.45, 2.75) is 20.4 Å². The first-order valence-electron chi connectivity index (χ1n) is 10.9. The highest BCUT2D eigenvalue weighted by atomic mass is 19.1. The Morgan fingerprint density at radius 1 is 0.971 bits per heavy atom. The Morgan fingerprint density at radius 3 is 2.65 bits per heavy atom. The lowest BCUT2D eigenvalue weighted by molar-refractivity contribution is 0.280. The van der Waals surface area contributed by atoms with Crippen LogP contribution < -0.4 is 14.8 Å². The number of anilines is 2. The number of rotatable bonds is 7. The third kappa shape index (κ3) is 4.10. The number of imidazole rings is 1. The van der Waals surface area contributed by atoms with Crippen LogP contribution in [0.3, 0.4) is 0 Å². The molecule has 0 fully saturated rings. The maximum Gasteiger partial charge on any atom is 0.163 e. The molecule has 3 aromatic carbocycles. The summed E-state index contributed by atoms with van der Waals surface area (Å²) in [4.78, 5) is 13.3. The summed E-state index contributed by atoms with van der Waals surface area (Å²) in [6.45, 7) is 4.89. The molecule has 0 aliphatic carbocycles. The number of aromatic nitrogens is 4. The fourth-order valence-electron chi connectivity index (χ4n) is 4.01. The van der Waals surface area contributed by atoms with E-state index in [1.807, 2.05) is 50.2 Å². The van der Waals surface area contributed by atoms with Crippen LogP contribution in [0.15, 0.2) is 60.9 Å². The molecule has 0 atom stereocenters. The first kappa shape index (κ1) is 21.6. The van der Waals surface area contributed by atoms with Crippen LogP contribution in [-0.2, 0) is 6.54 Å². The van der Waals surface area contributed by atoms with Crippen LogP contribution in [0.1, 0.15) is 11.4 Å². The Hall–Kier alpha value is -4.20. The van der Waals surface area contributed by atoms with Gasteiger partial charge < -0.3 is 19.4 Å². The van der Waals surface area contributed by atoms with Gasteiger partial charge >= 0.3 is 0 Å². The van der Waals surface area contributed by atoms with Crippen molar-refractivity contribution >= 4 is 33.4 Å². The summed E-state index contributed by atoms with van der Waals surface area (Å²) in [5.74, 6) is 2.19. The third-order valence-corrected chi connectivity index (χ3v) is 5.72. The van der Waals surface area contributed by atoms with Crippen molar-refractivity contribution in [3.05, 3.63) is 78.1 Å². The second-order valence-corrected chi connectivity index (χ2v) is 8.00. The van der Waals surface area contributed by atoms with Crippen molar-refractivity contribution in [2.24, 2.45) is 0 Å². The van der Waals surface area contributed by atoms with Gasteiger partial charge in [0.1, 0.15) is 30.4 Å². The van der Waals surface area contributed by atoms with E-state index in [0.29, 0.717) is 47.1 Å². The lowest BCUT2D eigenvalue weighted by Crippen LogP contribution is -2.10. The second-order valence-electron chi connectivity index (χ2n) is 8.00. The third-order valence-electron chi connectivity index (χ3n) is 5.72. The Kier molecular flexibility index (Phi) is 5.71. The molecule has 0 radical (unpaired) electrons. The molecule has 5 rings (SSSR count). The molecule has 0 amide bonds. The van der Waals surface area contributed by atoms with Crippen molar-refractivity contribution < 1.29 is 13.9 Å². The molecule has 8 heteroatoms. The highest BCUT2D eigenvalue weighted by Crippen LogP contribution is 2.35. The summed E-state index contributed by atoms with van der Waals surface area (Å²) in [6.07, 6.45) is 1.44. The van der Waals surface area contributed by atoms with E-state index in [9.17, 15) is 4.39 Å². The first-order chi connectivity index (χ1) is 16.5. The fourth-order valence-corrected chi connectivity index (χ4v) is 4.01. The van der Waals surface area contributed by atoms with Gasteiger partial charge in [0.15, 0.2) is 11.5 Å². The van der Waals surface area contributed by atoms with Crippen LogP contribution >= 0.6 is 0 Å². The monoisotopic (exact) mass is 457 g/mol. The zero-order valence-corrected chi connectivity index (χ0v) is 19.2. The largest absolute Gasteiger partial charge is 0.493 e. The number of ether oxygens (including phenoxy) is 2. The molecule has 172 valence electrons. The van der Waals surface area contributed by atoms with Crippen molar-refractivity contribution in [3.63, 3.8) is 0 Å². The van der Waals surface area contributed by atoms with Crippen LogP contribution in [0.5, 0.6) is 11.5 Å². The molecule has 0 unspecified atom stereocenters. The van der Waals surface area contributed by atoms with Crippen LogP contribution in [0.4, 0.5) is 15.9 Å². The number of nitrogens with one attached hydrogen (secondary N) is 1. The van der Waals surface area contributed by atoms with Crippen LogP contribution in [0.2, 0.25) is 0 Å². The van der Waals surface area contributed by atoms with E-state index in [4.69, 9.17) is 9.47 Å². The van der Waals surface area contributed by atoms with Gasteiger partial charge in [0.25, 0.3) is 0 Å². The zero-order valence-electron chi connectivity index (χ0n) is 19.2. The molecule has 34 heavy (non-hydrogen) atoms. The topological polar surface area (TPSA) is 74.1 Å². The van der Waals surface area contributed by atoms with E-state index in [1.165, 1.54) is 12.4 Å². The molecule has 1 N–H and O–H groups in total. The lowest BCUT2D eigenvalue weighted by Gasteiger charge is -2.15. The molecule has 5 aromatic rings. The molecule has 0 saturated heterocycles. The average molecular weight is 458 g/mol. The van der Waals surface area contributed by atoms with E-state index >= 15 is 0 Å². The summed E-state index contributed by atoms with van der Waals surface area (Å²) in [5, 5.41) is 3.76. The first-order valence-corrected chi connectivity index (χ1v) is 10.9.